The first kappa shape index (κ1) is 55.6. The maximum atomic E-state index is 12.5. The second kappa shape index (κ2) is 25.7. The number of halogens is 1. The minimum Gasteiger partial charge on any atom is -0.491 e. The van der Waals surface area contributed by atoms with Crippen LogP contribution in [0.25, 0.3) is 11.4 Å². The second-order valence-electron chi connectivity index (χ2n) is 21.1. The summed E-state index contributed by atoms with van der Waals surface area (Å²) in [5, 5.41) is 6.23. The molecule has 0 spiro atoms. The maximum Gasteiger partial charge on any atom is 0.239 e. The summed E-state index contributed by atoms with van der Waals surface area (Å²) in [5.74, 6) is 3.75. The van der Waals surface area contributed by atoms with E-state index in [2.05, 4.69) is 59.5 Å². The molecule has 1 aliphatic heterocycles. The number of hydrogen-bond acceptors (Lipinski definition) is 13. The number of fused-ring (bicyclic) bond motifs is 2. The van der Waals surface area contributed by atoms with Gasteiger partial charge in [0.15, 0.2) is 12.1 Å². The smallest absolute Gasteiger partial charge is 0.239 e. The van der Waals surface area contributed by atoms with Crippen LogP contribution in [0.3, 0.4) is 0 Å². The van der Waals surface area contributed by atoms with Gasteiger partial charge in [0.05, 0.1) is 25.4 Å². The number of rotatable bonds is 16. The van der Waals surface area contributed by atoms with E-state index in [-0.39, 0.29) is 47.6 Å². The van der Waals surface area contributed by atoms with E-state index in [0.29, 0.717) is 19.0 Å². The zero-order valence-electron chi connectivity index (χ0n) is 43.4. The maximum absolute atomic E-state index is 12.5. The molecule has 2 N–H and O–H groups in total. The molecule has 17 heteroatoms. The Labute approximate surface area is 420 Å². The third-order valence-electron chi connectivity index (χ3n) is 11.1. The summed E-state index contributed by atoms with van der Waals surface area (Å²) in [6.07, 6.45) is 9.99. The van der Waals surface area contributed by atoms with E-state index in [1.165, 1.54) is 3.71 Å². The fourth-order valence-corrected chi connectivity index (χ4v) is 11.2. The number of benzene rings is 1. The van der Waals surface area contributed by atoms with Gasteiger partial charge in [-0.3, -0.25) is 9.59 Å². The van der Waals surface area contributed by atoms with E-state index in [4.69, 9.17) is 40.5 Å². The van der Waals surface area contributed by atoms with Crippen molar-refractivity contribution in [3.63, 3.8) is 0 Å². The largest absolute Gasteiger partial charge is 0.491 e. The Morgan fingerprint density at radius 3 is 1.93 bits per heavy atom. The van der Waals surface area contributed by atoms with Crippen LogP contribution in [0.1, 0.15) is 110 Å². The molecule has 1 saturated heterocycles. The number of ether oxygens (including phenoxy) is 4. The van der Waals surface area contributed by atoms with Crippen molar-refractivity contribution in [2.24, 2.45) is 0 Å². The molecule has 69 heavy (non-hydrogen) atoms. The fraction of sp³-hybridized carbons (Fsp3) is 0.596. The Kier molecular flexibility index (Phi) is 20.7. The van der Waals surface area contributed by atoms with Crippen LogP contribution in [-0.2, 0) is 44.7 Å². The van der Waals surface area contributed by atoms with Gasteiger partial charge in [0.25, 0.3) is 0 Å². The summed E-state index contributed by atoms with van der Waals surface area (Å²) in [6.45, 7) is 16.9. The molecule has 4 heterocycles. The first-order chi connectivity index (χ1) is 32.6. The topological polar surface area (TPSA) is 166 Å². The van der Waals surface area contributed by atoms with Gasteiger partial charge in [-0.15, -0.1) is 0 Å². The van der Waals surface area contributed by atoms with Crippen LogP contribution in [0.5, 0.6) is 11.6 Å². The van der Waals surface area contributed by atoms with Crippen LogP contribution >= 0.6 is 11.6 Å². The number of amides is 2. The van der Waals surface area contributed by atoms with Gasteiger partial charge in [0, 0.05) is 54.2 Å². The van der Waals surface area contributed by atoms with E-state index in [1.807, 2.05) is 95.8 Å². The normalized spacial score (nSPS) is 15.3. The Bertz CT molecular complexity index is 2310. The van der Waals surface area contributed by atoms with Crippen molar-refractivity contribution in [1.29, 1.82) is 0 Å². The molecule has 1 aromatic carbocycles. The second-order valence-corrected chi connectivity index (χ2v) is 35.7. The van der Waals surface area contributed by atoms with Crippen LogP contribution in [0.15, 0.2) is 42.5 Å². The van der Waals surface area contributed by atoms with Gasteiger partial charge >= 0.3 is 90.7 Å². The number of carbonyl (C=O) groups excluding carboxylic acids is 2. The molecule has 1 fully saturated rings. The molecule has 1 unspecified atom stereocenters. The summed E-state index contributed by atoms with van der Waals surface area (Å²) < 4.78 is 24.1. The minimum absolute atomic E-state index is 0.0249. The predicted octanol–water partition coefficient (Wildman–Crippen LogP) is 8.29. The molecular formula is C52H78ClN9O6Sn. The molecule has 2 aliphatic carbocycles. The van der Waals surface area contributed by atoms with Gasteiger partial charge in [0.1, 0.15) is 24.0 Å². The molecule has 1 atom stereocenters. The van der Waals surface area contributed by atoms with Crippen molar-refractivity contribution >= 4 is 57.1 Å². The SMILES string of the molecule is CCCOc1ccc[c]([Sn]([CH3])([CH3])[CH3])n1.CN(CC(=O)NC(C)(C)C)c1nc(-c2cccc(OCCOC3CCCCO3)c2)nc2c1CCC2.CN(CC(=O)NC(C)(C)C)c1nc(Cl)nc2c1CCC2. The number of likely N-dealkylation sites (N-methyl/N-ethyl adjacent to an activating group) is 2. The summed E-state index contributed by atoms with van der Waals surface area (Å²) in [6, 6.07) is 14.0. The van der Waals surface area contributed by atoms with Crippen molar-refractivity contribution in [2.75, 3.05) is 63.4 Å². The van der Waals surface area contributed by atoms with Crippen molar-refractivity contribution < 1.29 is 28.5 Å². The quantitative estimate of drug-likeness (QED) is 0.0626. The number of pyridine rings is 1. The number of aromatic nitrogens is 5. The Balaban J connectivity index is 0.000000219. The summed E-state index contributed by atoms with van der Waals surface area (Å²) in [4.78, 5) is 58.3. The standard InChI is InChI=1S/C27H38N4O4.C14H21ClN4O.C8H10NO.3CH3.Sn/c1-27(2,3)30-23(32)18-31(4)26-21-11-8-12-22(21)28-25(29-26)19-9-7-10-20(17-19)33-15-16-35-24-13-5-6-14-34-24;1-14(2,3)18-11(20)8-19(4)12-9-6-5-7-10(9)16-13(15)17-12;1-2-7-10-8-5-3-4-6-9-8;;;;/h7,9-10,17,24H,5-6,8,11-16,18H2,1-4H3,(H,30,32);5-8H2,1-4H3,(H,18,20);3-5H,2,7H2,1H3;3*1H3;. The molecule has 7 rings (SSSR count). The van der Waals surface area contributed by atoms with Crippen molar-refractivity contribution in [3.05, 3.63) is 70.3 Å². The van der Waals surface area contributed by atoms with Crippen LogP contribution < -0.4 is 33.6 Å². The molecule has 3 aromatic heterocycles. The average Bonchev–Trinajstić information content (AvgIpc) is 3.96. The Morgan fingerprint density at radius 1 is 0.739 bits per heavy atom. The number of aryl methyl sites for hydroxylation is 2. The monoisotopic (exact) mass is 1080 g/mol. The minimum atomic E-state index is -2.00. The van der Waals surface area contributed by atoms with Gasteiger partial charge in [-0.2, -0.15) is 0 Å². The van der Waals surface area contributed by atoms with Crippen molar-refractivity contribution in [3.8, 4) is 23.0 Å². The van der Waals surface area contributed by atoms with Gasteiger partial charge in [0.2, 0.25) is 17.1 Å². The van der Waals surface area contributed by atoms with Crippen molar-refractivity contribution in [2.45, 2.75) is 145 Å². The van der Waals surface area contributed by atoms with E-state index < -0.39 is 18.4 Å². The first-order valence-electron chi connectivity index (χ1n) is 24.6. The van der Waals surface area contributed by atoms with Crippen LogP contribution in [0.4, 0.5) is 11.6 Å². The molecule has 0 saturated carbocycles. The summed E-state index contributed by atoms with van der Waals surface area (Å²) >= 11 is 3.96. The molecule has 2 amide bonds. The zero-order chi connectivity index (χ0) is 50.4. The van der Waals surface area contributed by atoms with E-state index >= 15 is 0 Å². The molecule has 4 aromatic rings. The molecule has 0 radical (unpaired) electrons. The van der Waals surface area contributed by atoms with Crippen LogP contribution in [0, 0.1) is 0 Å². The Morgan fingerprint density at radius 2 is 1.35 bits per heavy atom. The molecular weight excluding hydrogens is 1000 g/mol. The predicted molar refractivity (Wildman–Crippen MR) is 279 cm³/mol. The van der Waals surface area contributed by atoms with Crippen LogP contribution in [-0.4, -0.2) is 126 Å². The van der Waals surface area contributed by atoms with Gasteiger partial charge < -0.3 is 34.6 Å². The molecule has 0 bridgehead atoms. The molecule has 378 valence electrons. The van der Waals surface area contributed by atoms with E-state index in [0.717, 1.165) is 129 Å². The average molecular weight is 1080 g/mol. The van der Waals surface area contributed by atoms with E-state index in [9.17, 15) is 9.59 Å². The fourth-order valence-electron chi connectivity index (χ4n) is 8.08. The molecule has 3 aliphatic rings. The van der Waals surface area contributed by atoms with Gasteiger partial charge in [-0.05, 0) is 123 Å². The van der Waals surface area contributed by atoms with Crippen LogP contribution in [0.2, 0.25) is 20.1 Å². The van der Waals surface area contributed by atoms with Crippen molar-refractivity contribution in [1.82, 2.24) is 35.6 Å². The summed E-state index contributed by atoms with van der Waals surface area (Å²) in [5.41, 5.74) is 4.75. The Hall–Kier alpha value is -4.32. The number of carbonyl (C=O) groups is 2. The zero-order valence-corrected chi connectivity index (χ0v) is 47.0. The van der Waals surface area contributed by atoms with Gasteiger partial charge in [-0.1, -0.05) is 12.1 Å². The third kappa shape index (κ3) is 18.4. The first-order valence-corrected chi connectivity index (χ1v) is 35.0. The number of nitrogens with zero attached hydrogens (tertiary/aromatic N) is 7. The summed E-state index contributed by atoms with van der Waals surface area (Å²) in [7, 11) is 3.78. The number of hydrogen-bond donors (Lipinski definition) is 2. The van der Waals surface area contributed by atoms with Gasteiger partial charge in [-0.25, -0.2) is 19.9 Å². The third-order valence-corrected chi connectivity index (χ3v) is 16.5. The number of anilines is 2. The molecule has 15 nitrogen and oxygen atoms in total. The van der Waals surface area contributed by atoms with E-state index in [1.54, 1.807) is 0 Å². The number of nitrogens with one attached hydrogen (secondary N) is 2.